The lowest BCUT2D eigenvalue weighted by atomic mass is 10.3. The average molecular weight is 198 g/mol. The molecule has 1 atom stereocenters. The Morgan fingerprint density at radius 3 is 3.14 bits per heavy atom. The summed E-state index contributed by atoms with van der Waals surface area (Å²) in [6.45, 7) is 2.72. The smallest absolute Gasteiger partial charge is 0.257 e. The number of rotatable bonds is 2. The van der Waals surface area contributed by atoms with Crippen molar-refractivity contribution in [3.8, 4) is 0 Å². The Hall–Kier alpha value is -0.980. The van der Waals surface area contributed by atoms with Gasteiger partial charge < -0.3 is 19.9 Å². The van der Waals surface area contributed by atoms with Crippen LogP contribution in [0, 0.1) is 0 Å². The SMILES string of the molecule is CN1CCOC(c2nc(CN)no2)C1. The fourth-order valence-electron chi connectivity index (χ4n) is 1.41. The third-order valence-corrected chi connectivity index (χ3v) is 2.21. The van der Waals surface area contributed by atoms with Crippen LogP contribution in [0.3, 0.4) is 0 Å². The lowest BCUT2D eigenvalue weighted by molar-refractivity contribution is -0.0366. The van der Waals surface area contributed by atoms with Gasteiger partial charge in [-0.3, -0.25) is 0 Å². The van der Waals surface area contributed by atoms with Gasteiger partial charge in [-0.1, -0.05) is 5.16 Å². The summed E-state index contributed by atoms with van der Waals surface area (Å²) in [5.74, 6) is 1.05. The van der Waals surface area contributed by atoms with Crippen molar-refractivity contribution >= 4 is 0 Å². The summed E-state index contributed by atoms with van der Waals surface area (Å²) in [6, 6.07) is 0. The van der Waals surface area contributed by atoms with E-state index in [-0.39, 0.29) is 6.10 Å². The van der Waals surface area contributed by atoms with E-state index >= 15 is 0 Å². The number of nitrogens with zero attached hydrogens (tertiary/aromatic N) is 3. The quantitative estimate of drug-likeness (QED) is 0.692. The van der Waals surface area contributed by atoms with Crippen LogP contribution in [-0.4, -0.2) is 41.8 Å². The van der Waals surface area contributed by atoms with Crippen LogP contribution in [0.5, 0.6) is 0 Å². The predicted octanol–water partition coefficient (Wildman–Crippen LogP) is -0.469. The molecule has 1 aromatic heterocycles. The van der Waals surface area contributed by atoms with Crippen molar-refractivity contribution in [3.05, 3.63) is 11.7 Å². The van der Waals surface area contributed by atoms with Gasteiger partial charge >= 0.3 is 0 Å². The van der Waals surface area contributed by atoms with Gasteiger partial charge in [-0.2, -0.15) is 4.98 Å². The van der Waals surface area contributed by atoms with Crippen LogP contribution in [0.25, 0.3) is 0 Å². The molecule has 1 saturated heterocycles. The molecule has 1 aliphatic heterocycles. The van der Waals surface area contributed by atoms with Gasteiger partial charge in [-0.15, -0.1) is 0 Å². The van der Waals surface area contributed by atoms with E-state index in [2.05, 4.69) is 15.0 Å². The highest BCUT2D eigenvalue weighted by molar-refractivity contribution is 4.92. The lowest BCUT2D eigenvalue weighted by Gasteiger charge is -2.27. The summed E-state index contributed by atoms with van der Waals surface area (Å²) in [4.78, 5) is 6.30. The van der Waals surface area contributed by atoms with Gasteiger partial charge in [0.1, 0.15) is 6.10 Å². The van der Waals surface area contributed by atoms with E-state index in [4.69, 9.17) is 15.0 Å². The zero-order valence-electron chi connectivity index (χ0n) is 8.14. The highest BCUT2D eigenvalue weighted by atomic mass is 16.5. The van der Waals surface area contributed by atoms with Crippen molar-refractivity contribution in [1.29, 1.82) is 0 Å². The van der Waals surface area contributed by atoms with Crippen molar-refractivity contribution in [1.82, 2.24) is 15.0 Å². The minimum Gasteiger partial charge on any atom is -0.366 e. The van der Waals surface area contributed by atoms with E-state index in [0.717, 1.165) is 13.1 Å². The second kappa shape index (κ2) is 4.04. The van der Waals surface area contributed by atoms with Crippen LogP contribution < -0.4 is 5.73 Å². The zero-order valence-corrected chi connectivity index (χ0v) is 8.14. The first-order valence-electron chi connectivity index (χ1n) is 4.62. The standard InChI is InChI=1S/C8H14N4O2/c1-12-2-3-13-6(5-12)8-10-7(4-9)11-14-8/h6H,2-5,9H2,1H3. The molecule has 14 heavy (non-hydrogen) atoms. The molecule has 6 nitrogen and oxygen atoms in total. The molecule has 0 bridgehead atoms. The van der Waals surface area contributed by atoms with Crippen LogP contribution in [0.1, 0.15) is 17.8 Å². The molecule has 0 saturated carbocycles. The topological polar surface area (TPSA) is 77.4 Å². The number of hydrogen-bond acceptors (Lipinski definition) is 6. The van der Waals surface area contributed by atoms with E-state index in [1.165, 1.54) is 0 Å². The third kappa shape index (κ3) is 1.92. The molecule has 1 aromatic rings. The van der Waals surface area contributed by atoms with Crippen LogP contribution in [0.4, 0.5) is 0 Å². The van der Waals surface area contributed by atoms with Gasteiger partial charge in [0.25, 0.3) is 5.89 Å². The Balaban J connectivity index is 2.06. The summed E-state index contributed by atoms with van der Waals surface area (Å²) in [7, 11) is 2.04. The molecule has 0 aromatic carbocycles. The number of aromatic nitrogens is 2. The third-order valence-electron chi connectivity index (χ3n) is 2.21. The second-order valence-electron chi connectivity index (χ2n) is 3.37. The molecule has 78 valence electrons. The molecule has 1 aliphatic rings. The molecule has 0 radical (unpaired) electrons. The van der Waals surface area contributed by atoms with E-state index < -0.39 is 0 Å². The average Bonchev–Trinajstić information content (AvgIpc) is 2.66. The maximum Gasteiger partial charge on any atom is 0.257 e. The zero-order chi connectivity index (χ0) is 9.97. The van der Waals surface area contributed by atoms with Crippen molar-refractivity contribution < 1.29 is 9.26 Å². The summed E-state index contributed by atoms with van der Waals surface area (Å²) in [6.07, 6.45) is -0.110. The first-order chi connectivity index (χ1) is 6.79. The van der Waals surface area contributed by atoms with Gasteiger partial charge in [0.15, 0.2) is 5.82 Å². The molecule has 1 unspecified atom stereocenters. The molecule has 1 fully saturated rings. The molecule has 0 aliphatic carbocycles. The van der Waals surface area contributed by atoms with Crippen LogP contribution >= 0.6 is 0 Å². The molecule has 0 spiro atoms. The van der Waals surface area contributed by atoms with Crippen LogP contribution in [-0.2, 0) is 11.3 Å². The summed E-state index contributed by atoms with van der Waals surface area (Å²) in [5.41, 5.74) is 5.38. The molecule has 2 heterocycles. The van der Waals surface area contributed by atoms with E-state index in [1.807, 2.05) is 7.05 Å². The minimum absolute atomic E-state index is 0.110. The molecular weight excluding hydrogens is 184 g/mol. The van der Waals surface area contributed by atoms with Crippen LogP contribution in [0.2, 0.25) is 0 Å². The highest BCUT2D eigenvalue weighted by Gasteiger charge is 2.24. The van der Waals surface area contributed by atoms with Gasteiger partial charge in [-0.05, 0) is 7.05 Å². The Bertz CT molecular complexity index is 301. The fraction of sp³-hybridized carbons (Fsp3) is 0.750. The van der Waals surface area contributed by atoms with Crippen molar-refractivity contribution in [2.24, 2.45) is 5.73 Å². The van der Waals surface area contributed by atoms with Gasteiger partial charge in [0.05, 0.1) is 13.2 Å². The monoisotopic (exact) mass is 198 g/mol. The van der Waals surface area contributed by atoms with Gasteiger partial charge in [-0.25, -0.2) is 0 Å². The number of nitrogens with two attached hydrogens (primary N) is 1. The number of likely N-dealkylation sites (N-methyl/N-ethyl adjacent to an activating group) is 1. The van der Waals surface area contributed by atoms with Gasteiger partial charge in [0, 0.05) is 13.1 Å². The van der Waals surface area contributed by atoms with Gasteiger partial charge in [0.2, 0.25) is 0 Å². The Labute approximate surface area is 82.0 Å². The van der Waals surface area contributed by atoms with E-state index in [9.17, 15) is 0 Å². The molecule has 6 heteroatoms. The van der Waals surface area contributed by atoms with E-state index in [1.54, 1.807) is 0 Å². The Kier molecular flexibility index (Phi) is 2.76. The van der Waals surface area contributed by atoms with Crippen molar-refractivity contribution in [3.63, 3.8) is 0 Å². The number of hydrogen-bond donors (Lipinski definition) is 1. The maximum atomic E-state index is 5.51. The number of ether oxygens (including phenoxy) is 1. The largest absolute Gasteiger partial charge is 0.366 e. The predicted molar refractivity (Wildman–Crippen MR) is 48.4 cm³/mol. The first kappa shape index (κ1) is 9.57. The van der Waals surface area contributed by atoms with Crippen LogP contribution in [0.15, 0.2) is 4.52 Å². The second-order valence-corrected chi connectivity index (χ2v) is 3.37. The minimum atomic E-state index is -0.110. The molecular formula is C8H14N4O2. The number of morpholine rings is 1. The van der Waals surface area contributed by atoms with Crippen molar-refractivity contribution in [2.75, 3.05) is 26.7 Å². The Morgan fingerprint density at radius 2 is 2.50 bits per heavy atom. The lowest BCUT2D eigenvalue weighted by Crippen LogP contribution is -2.35. The van der Waals surface area contributed by atoms with E-state index in [0.29, 0.717) is 24.9 Å². The highest BCUT2D eigenvalue weighted by Crippen LogP contribution is 2.19. The molecule has 2 N–H and O–H groups in total. The Morgan fingerprint density at radius 1 is 1.64 bits per heavy atom. The summed E-state index contributed by atoms with van der Waals surface area (Å²) >= 11 is 0. The molecule has 0 amide bonds. The maximum absolute atomic E-state index is 5.51. The fourth-order valence-corrected chi connectivity index (χ4v) is 1.41. The summed E-state index contributed by atoms with van der Waals surface area (Å²) in [5, 5.41) is 3.73. The normalized spacial score (nSPS) is 24.0. The van der Waals surface area contributed by atoms with Crippen molar-refractivity contribution in [2.45, 2.75) is 12.6 Å². The molecule has 2 rings (SSSR count). The first-order valence-corrected chi connectivity index (χ1v) is 4.62. The summed E-state index contributed by atoms with van der Waals surface area (Å²) < 4.78 is 10.6.